The van der Waals surface area contributed by atoms with Crippen LogP contribution in [-0.4, -0.2) is 0 Å². The number of hydrogen-bond acceptors (Lipinski definition) is 0. The van der Waals surface area contributed by atoms with E-state index in [0.29, 0.717) is 11.1 Å². The molecule has 0 aliphatic heterocycles. The Morgan fingerprint density at radius 1 is 0.423 bits per heavy atom. The summed E-state index contributed by atoms with van der Waals surface area (Å²) in [5.41, 5.74) is 5.09. The SMILES string of the molecule is Fc1ccc(-c2c(F)cccc2-c2ccc(-c3ccccc3)cc2)cc1. The first-order chi connectivity index (χ1) is 12.7. The van der Waals surface area contributed by atoms with Gasteiger partial charge >= 0.3 is 0 Å². The molecule has 0 unspecified atom stereocenters. The maximum absolute atomic E-state index is 14.6. The molecular formula is C24H16F2. The Balaban J connectivity index is 1.79. The van der Waals surface area contributed by atoms with Gasteiger partial charge in [-0.15, -0.1) is 0 Å². The van der Waals surface area contributed by atoms with E-state index in [1.165, 1.54) is 18.2 Å². The van der Waals surface area contributed by atoms with Crippen molar-refractivity contribution >= 4 is 0 Å². The van der Waals surface area contributed by atoms with Crippen LogP contribution in [0.1, 0.15) is 0 Å². The zero-order valence-corrected chi connectivity index (χ0v) is 14.0. The lowest BCUT2D eigenvalue weighted by atomic mass is 9.93. The number of halogens is 2. The summed E-state index contributed by atoms with van der Waals surface area (Å²) in [6, 6.07) is 29.1. The molecule has 0 atom stereocenters. The molecule has 0 heterocycles. The minimum atomic E-state index is -0.334. The third-order valence-electron chi connectivity index (χ3n) is 4.45. The Kier molecular flexibility index (Phi) is 4.32. The zero-order valence-electron chi connectivity index (χ0n) is 14.0. The molecule has 0 saturated carbocycles. The van der Waals surface area contributed by atoms with Crippen LogP contribution in [0.25, 0.3) is 33.4 Å². The summed E-state index contributed by atoms with van der Waals surface area (Å²) in [6.45, 7) is 0. The van der Waals surface area contributed by atoms with Crippen molar-refractivity contribution in [2.24, 2.45) is 0 Å². The summed E-state index contributed by atoms with van der Waals surface area (Å²) in [7, 11) is 0. The molecule has 0 amide bonds. The number of rotatable bonds is 3. The largest absolute Gasteiger partial charge is 0.207 e. The highest BCUT2D eigenvalue weighted by atomic mass is 19.1. The second-order valence-corrected chi connectivity index (χ2v) is 6.11. The van der Waals surface area contributed by atoms with E-state index >= 15 is 0 Å². The molecule has 4 rings (SSSR count). The molecule has 4 aromatic rings. The fourth-order valence-corrected chi connectivity index (χ4v) is 3.15. The van der Waals surface area contributed by atoms with Crippen LogP contribution in [0.15, 0.2) is 97.1 Å². The van der Waals surface area contributed by atoms with Gasteiger partial charge in [-0.3, -0.25) is 0 Å². The van der Waals surface area contributed by atoms with Gasteiger partial charge in [0.15, 0.2) is 0 Å². The van der Waals surface area contributed by atoms with E-state index in [4.69, 9.17) is 0 Å². The van der Waals surface area contributed by atoms with Gasteiger partial charge in [0.2, 0.25) is 0 Å². The average molecular weight is 342 g/mol. The van der Waals surface area contributed by atoms with Crippen LogP contribution in [0.4, 0.5) is 8.78 Å². The van der Waals surface area contributed by atoms with Crippen LogP contribution in [0.2, 0.25) is 0 Å². The summed E-state index contributed by atoms with van der Waals surface area (Å²) in [4.78, 5) is 0. The van der Waals surface area contributed by atoms with Crippen LogP contribution in [-0.2, 0) is 0 Å². The summed E-state index contributed by atoms with van der Waals surface area (Å²) in [6.07, 6.45) is 0. The third kappa shape index (κ3) is 3.14. The Labute approximate surface area is 151 Å². The van der Waals surface area contributed by atoms with Crippen molar-refractivity contribution in [1.29, 1.82) is 0 Å². The molecular weight excluding hydrogens is 326 g/mol. The standard InChI is InChI=1S/C24H16F2/c25-21-15-13-20(14-16-21)24-22(7-4-8-23(24)26)19-11-9-18(10-12-19)17-5-2-1-3-6-17/h1-16H. The van der Waals surface area contributed by atoms with Gasteiger partial charge < -0.3 is 0 Å². The molecule has 0 saturated heterocycles. The third-order valence-corrected chi connectivity index (χ3v) is 4.45. The van der Waals surface area contributed by atoms with Crippen molar-refractivity contribution in [2.45, 2.75) is 0 Å². The van der Waals surface area contributed by atoms with E-state index in [9.17, 15) is 8.78 Å². The van der Waals surface area contributed by atoms with Crippen LogP contribution < -0.4 is 0 Å². The molecule has 0 bridgehead atoms. The predicted molar refractivity (Wildman–Crippen MR) is 103 cm³/mol. The van der Waals surface area contributed by atoms with Gasteiger partial charge in [-0.2, -0.15) is 0 Å². The topological polar surface area (TPSA) is 0 Å². The first kappa shape index (κ1) is 16.2. The molecule has 126 valence electrons. The molecule has 0 aliphatic rings. The zero-order chi connectivity index (χ0) is 17.9. The highest BCUT2D eigenvalue weighted by Crippen LogP contribution is 2.35. The van der Waals surface area contributed by atoms with Crippen LogP contribution in [0, 0.1) is 11.6 Å². The summed E-state index contributed by atoms with van der Waals surface area (Å²) < 4.78 is 27.8. The van der Waals surface area contributed by atoms with Crippen molar-refractivity contribution in [2.75, 3.05) is 0 Å². The van der Waals surface area contributed by atoms with Crippen molar-refractivity contribution in [1.82, 2.24) is 0 Å². The molecule has 0 nitrogen and oxygen atoms in total. The van der Waals surface area contributed by atoms with Gasteiger partial charge in [-0.05, 0) is 46.0 Å². The number of benzene rings is 4. The van der Waals surface area contributed by atoms with E-state index < -0.39 is 0 Å². The molecule has 0 aromatic heterocycles. The minimum Gasteiger partial charge on any atom is -0.207 e. The second kappa shape index (κ2) is 6.93. The number of hydrogen-bond donors (Lipinski definition) is 0. The highest BCUT2D eigenvalue weighted by Gasteiger charge is 2.12. The summed E-state index contributed by atoms with van der Waals surface area (Å²) in [5, 5.41) is 0. The second-order valence-electron chi connectivity index (χ2n) is 6.11. The van der Waals surface area contributed by atoms with Crippen molar-refractivity contribution < 1.29 is 8.78 Å². The Hall–Kier alpha value is -3.26. The summed E-state index contributed by atoms with van der Waals surface area (Å²) in [5.74, 6) is -0.653. The fraction of sp³-hybridized carbons (Fsp3) is 0. The lowest BCUT2D eigenvalue weighted by Gasteiger charge is -2.12. The van der Waals surface area contributed by atoms with Gasteiger partial charge in [0.1, 0.15) is 11.6 Å². The summed E-state index contributed by atoms with van der Waals surface area (Å²) >= 11 is 0. The van der Waals surface area contributed by atoms with E-state index in [2.05, 4.69) is 12.1 Å². The van der Waals surface area contributed by atoms with E-state index in [1.807, 2.05) is 48.5 Å². The van der Waals surface area contributed by atoms with E-state index in [0.717, 1.165) is 22.3 Å². The maximum Gasteiger partial charge on any atom is 0.131 e. The van der Waals surface area contributed by atoms with Crippen LogP contribution in [0.3, 0.4) is 0 Å². The quantitative estimate of drug-likeness (QED) is 0.377. The van der Waals surface area contributed by atoms with Crippen molar-refractivity contribution in [3.05, 3.63) is 109 Å². The van der Waals surface area contributed by atoms with E-state index in [-0.39, 0.29) is 11.6 Å². The minimum absolute atomic E-state index is 0.318. The Morgan fingerprint density at radius 3 is 1.69 bits per heavy atom. The van der Waals surface area contributed by atoms with Gasteiger partial charge in [-0.25, -0.2) is 8.78 Å². The molecule has 4 aromatic carbocycles. The van der Waals surface area contributed by atoms with Crippen molar-refractivity contribution in [3.63, 3.8) is 0 Å². The molecule has 0 N–H and O–H groups in total. The predicted octanol–water partition coefficient (Wildman–Crippen LogP) is 6.97. The lowest BCUT2D eigenvalue weighted by Crippen LogP contribution is -1.90. The van der Waals surface area contributed by atoms with Gasteiger partial charge in [0.25, 0.3) is 0 Å². The average Bonchev–Trinajstić information content (AvgIpc) is 2.69. The first-order valence-corrected chi connectivity index (χ1v) is 8.43. The normalized spacial score (nSPS) is 10.7. The van der Waals surface area contributed by atoms with E-state index in [1.54, 1.807) is 18.2 Å². The molecule has 0 radical (unpaired) electrons. The molecule has 0 aliphatic carbocycles. The molecule has 26 heavy (non-hydrogen) atoms. The van der Waals surface area contributed by atoms with Gasteiger partial charge in [0.05, 0.1) is 0 Å². The van der Waals surface area contributed by atoms with Crippen LogP contribution in [0.5, 0.6) is 0 Å². The van der Waals surface area contributed by atoms with Crippen molar-refractivity contribution in [3.8, 4) is 33.4 Å². The fourth-order valence-electron chi connectivity index (χ4n) is 3.15. The molecule has 0 fully saturated rings. The van der Waals surface area contributed by atoms with Gasteiger partial charge in [0, 0.05) is 5.56 Å². The smallest absolute Gasteiger partial charge is 0.131 e. The van der Waals surface area contributed by atoms with Crippen LogP contribution >= 0.6 is 0 Å². The van der Waals surface area contributed by atoms with Gasteiger partial charge in [-0.1, -0.05) is 78.9 Å². The molecule has 0 spiro atoms. The molecule has 2 heteroatoms. The Bertz CT molecular complexity index is 1020. The first-order valence-electron chi connectivity index (χ1n) is 8.43. The Morgan fingerprint density at radius 2 is 1.00 bits per heavy atom. The maximum atomic E-state index is 14.6. The lowest BCUT2D eigenvalue weighted by molar-refractivity contribution is 0.626. The monoisotopic (exact) mass is 342 g/mol. The highest BCUT2D eigenvalue weighted by molar-refractivity contribution is 5.84.